The van der Waals surface area contributed by atoms with Gasteiger partial charge in [0.15, 0.2) is 17.7 Å². The van der Waals surface area contributed by atoms with Crippen molar-refractivity contribution < 1.29 is 20.1 Å². The van der Waals surface area contributed by atoms with E-state index in [9.17, 15) is 15.3 Å². The summed E-state index contributed by atoms with van der Waals surface area (Å²) in [7, 11) is 0. The first kappa shape index (κ1) is 19.9. The van der Waals surface area contributed by atoms with E-state index < -0.39 is 24.5 Å². The van der Waals surface area contributed by atoms with Crippen molar-refractivity contribution in [2.45, 2.75) is 76.4 Å². The monoisotopic (exact) mass is 379 g/mol. The summed E-state index contributed by atoms with van der Waals surface area (Å²) < 4.78 is 7.12. The van der Waals surface area contributed by atoms with Gasteiger partial charge >= 0.3 is 0 Å². The number of anilines is 1. The zero-order chi connectivity index (χ0) is 19.4. The van der Waals surface area contributed by atoms with E-state index in [-0.39, 0.29) is 12.4 Å². The summed E-state index contributed by atoms with van der Waals surface area (Å²) in [6, 6.07) is 0. The highest BCUT2D eigenvalue weighted by molar-refractivity contribution is 5.81. The van der Waals surface area contributed by atoms with Crippen LogP contribution in [-0.2, 0) is 11.2 Å². The number of hydrogen-bond donors (Lipinski definition) is 4. The summed E-state index contributed by atoms with van der Waals surface area (Å²) >= 11 is 0. The van der Waals surface area contributed by atoms with Crippen LogP contribution in [0.4, 0.5) is 5.82 Å². The molecule has 0 spiro atoms. The van der Waals surface area contributed by atoms with E-state index >= 15 is 0 Å². The average molecular weight is 379 g/mol. The Labute approximate surface area is 158 Å². The summed E-state index contributed by atoms with van der Waals surface area (Å²) in [5.41, 5.74) is 6.92. The molecule has 1 fully saturated rings. The molecule has 0 aliphatic carbocycles. The summed E-state index contributed by atoms with van der Waals surface area (Å²) in [6.45, 7) is 1.81. The third kappa shape index (κ3) is 4.21. The van der Waals surface area contributed by atoms with Crippen molar-refractivity contribution in [1.29, 1.82) is 0 Å². The van der Waals surface area contributed by atoms with E-state index in [2.05, 4.69) is 21.9 Å². The Morgan fingerprint density at radius 3 is 2.56 bits per heavy atom. The molecule has 5 N–H and O–H groups in total. The molecule has 27 heavy (non-hydrogen) atoms. The highest BCUT2D eigenvalue weighted by Crippen LogP contribution is 2.32. The van der Waals surface area contributed by atoms with Crippen molar-refractivity contribution >= 4 is 17.0 Å². The van der Waals surface area contributed by atoms with Crippen LogP contribution >= 0.6 is 0 Å². The number of aliphatic hydroxyl groups excluding tert-OH is 3. The average Bonchev–Trinajstić information content (AvgIpc) is 3.20. The Morgan fingerprint density at radius 2 is 1.85 bits per heavy atom. The second-order valence-corrected chi connectivity index (χ2v) is 7.10. The van der Waals surface area contributed by atoms with Crippen LogP contribution in [0.1, 0.15) is 57.5 Å². The smallest absolute Gasteiger partial charge is 0.167 e. The van der Waals surface area contributed by atoms with Gasteiger partial charge in [0.1, 0.15) is 29.7 Å². The zero-order valence-electron chi connectivity index (χ0n) is 15.7. The molecule has 0 bridgehead atoms. The topological polar surface area (TPSA) is 140 Å². The Hall–Kier alpha value is -1.81. The number of nitrogen functional groups attached to an aromatic ring is 1. The van der Waals surface area contributed by atoms with Crippen molar-refractivity contribution in [3.8, 4) is 0 Å². The van der Waals surface area contributed by atoms with E-state index in [4.69, 9.17) is 10.5 Å². The van der Waals surface area contributed by atoms with E-state index in [0.29, 0.717) is 23.4 Å². The van der Waals surface area contributed by atoms with Crippen LogP contribution in [-0.4, -0.2) is 59.8 Å². The number of hydrogen-bond acceptors (Lipinski definition) is 8. The largest absolute Gasteiger partial charge is 0.394 e. The number of rotatable bonds is 9. The molecule has 0 radical (unpaired) electrons. The fraction of sp³-hybridized carbons (Fsp3) is 0.722. The number of unbranched alkanes of at least 4 members (excludes halogenated alkanes) is 5. The van der Waals surface area contributed by atoms with Gasteiger partial charge in [-0.3, -0.25) is 4.57 Å². The second kappa shape index (κ2) is 8.92. The number of imidazole rings is 1. The summed E-state index contributed by atoms with van der Waals surface area (Å²) in [5.74, 6) is 0.912. The fourth-order valence-electron chi connectivity index (χ4n) is 3.46. The molecule has 1 aliphatic heterocycles. The van der Waals surface area contributed by atoms with Crippen LogP contribution in [0.15, 0.2) is 6.33 Å². The van der Waals surface area contributed by atoms with Crippen LogP contribution in [0.5, 0.6) is 0 Å². The van der Waals surface area contributed by atoms with Gasteiger partial charge in [0.25, 0.3) is 0 Å². The number of aryl methyl sites for hydroxylation is 1. The van der Waals surface area contributed by atoms with Gasteiger partial charge < -0.3 is 25.8 Å². The minimum Gasteiger partial charge on any atom is -0.394 e. The van der Waals surface area contributed by atoms with Gasteiger partial charge in [0.05, 0.1) is 12.9 Å². The first-order valence-corrected chi connectivity index (χ1v) is 9.68. The SMILES string of the molecule is CCCCCCCCc1nc(N)c2ncn([C@@H]3O[C@H](CO)C(O)C3O)c2n1. The number of aliphatic hydroxyl groups is 3. The van der Waals surface area contributed by atoms with Crippen LogP contribution < -0.4 is 5.73 Å². The Kier molecular flexibility index (Phi) is 6.59. The predicted molar refractivity (Wildman–Crippen MR) is 99.8 cm³/mol. The maximum Gasteiger partial charge on any atom is 0.167 e. The molecule has 2 aromatic rings. The molecule has 1 saturated heterocycles. The first-order valence-electron chi connectivity index (χ1n) is 9.68. The lowest BCUT2D eigenvalue weighted by Gasteiger charge is -2.16. The standard InChI is InChI=1S/C18H29N5O4/c1-2-3-4-5-6-7-8-12-21-16(19)13-17(22-12)23(10-20-13)18-15(26)14(25)11(9-24)27-18/h10-11,14-15,18,24-26H,2-9H2,1H3,(H2,19,21,22)/t11-,14?,15?,18-/m1/s1. The molecule has 2 unspecified atom stereocenters. The highest BCUT2D eigenvalue weighted by atomic mass is 16.6. The molecule has 1 aliphatic rings. The van der Waals surface area contributed by atoms with Crippen LogP contribution in [0.25, 0.3) is 11.2 Å². The van der Waals surface area contributed by atoms with E-state index in [1.165, 1.54) is 32.0 Å². The lowest BCUT2D eigenvalue weighted by molar-refractivity contribution is -0.0511. The van der Waals surface area contributed by atoms with Crippen LogP contribution in [0, 0.1) is 0 Å². The molecule has 9 nitrogen and oxygen atoms in total. The Bertz CT molecular complexity index is 753. The molecule has 4 atom stereocenters. The minimum absolute atomic E-state index is 0.284. The predicted octanol–water partition coefficient (Wildman–Crippen LogP) is 0.923. The fourth-order valence-corrected chi connectivity index (χ4v) is 3.46. The molecule has 0 saturated carbocycles. The van der Waals surface area contributed by atoms with Crippen molar-refractivity contribution in [3.63, 3.8) is 0 Å². The molecular formula is C18H29N5O4. The van der Waals surface area contributed by atoms with E-state index in [1.54, 1.807) is 4.57 Å². The van der Waals surface area contributed by atoms with Crippen molar-refractivity contribution in [2.24, 2.45) is 0 Å². The first-order chi connectivity index (χ1) is 13.1. The van der Waals surface area contributed by atoms with Gasteiger partial charge in [-0.15, -0.1) is 0 Å². The van der Waals surface area contributed by atoms with Crippen LogP contribution in [0.3, 0.4) is 0 Å². The second-order valence-electron chi connectivity index (χ2n) is 7.10. The number of fused-ring (bicyclic) bond motifs is 1. The van der Waals surface area contributed by atoms with Crippen molar-refractivity contribution in [1.82, 2.24) is 19.5 Å². The van der Waals surface area contributed by atoms with Gasteiger partial charge in [0.2, 0.25) is 0 Å². The number of nitrogens with two attached hydrogens (primary N) is 1. The molecule has 0 amide bonds. The third-order valence-electron chi connectivity index (χ3n) is 5.04. The lowest BCUT2D eigenvalue weighted by Crippen LogP contribution is -2.33. The molecule has 3 heterocycles. The molecule has 0 aromatic carbocycles. The maximum absolute atomic E-state index is 10.3. The van der Waals surface area contributed by atoms with Crippen molar-refractivity contribution in [2.75, 3.05) is 12.3 Å². The zero-order valence-corrected chi connectivity index (χ0v) is 15.7. The van der Waals surface area contributed by atoms with Gasteiger partial charge in [0, 0.05) is 6.42 Å². The van der Waals surface area contributed by atoms with Gasteiger partial charge in [-0.1, -0.05) is 39.0 Å². The molecule has 9 heteroatoms. The highest BCUT2D eigenvalue weighted by Gasteiger charge is 2.44. The van der Waals surface area contributed by atoms with Crippen LogP contribution in [0.2, 0.25) is 0 Å². The molecule has 150 valence electrons. The molecule has 2 aromatic heterocycles. The summed E-state index contributed by atoms with van der Waals surface area (Å²) in [5, 5.41) is 29.5. The molecular weight excluding hydrogens is 350 g/mol. The quantitative estimate of drug-likeness (QED) is 0.472. The normalized spacial score (nSPS) is 25.5. The minimum atomic E-state index is -1.20. The number of nitrogens with zero attached hydrogens (tertiary/aromatic N) is 4. The Balaban J connectivity index is 1.75. The van der Waals surface area contributed by atoms with E-state index in [0.717, 1.165) is 12.8 Å². The van der Waals surface area contributed by atoms with Gasteiger partial charge in [-0.2, -0.15) is 0 Å². The summed E-state index contributed by atoms with van der Waals surface area (Å²) in [4.78, 5) is 13.1. The van der Waals surface area contributed by atoms with Gasteiger partial charge in [-0.25, -0.2) is 15.0 Å². The lowest BCUT2D eigenvalue weighted by atomic mass is 10.1. The number of aromatic nitrogens is 4. The molecule has 3 rings (SSSR count). The maximum atomic E-state index is 10.3. The van der Waals surface area contributed by atoms with Gasteiger partial charge in [-0.05, 0) is 6.42 Å². The number of ether oxygens (including phenoxy) is 1. The summed E-state index contributed by atoms with van der Waals surface area (Å²) in [6.07, 6.45) is 5.09. The third-order valence-corrected chi connectivity index (χ3v) is 5.04. The van der Waals surface area contributed by atoms with Crippen molar-refractivity contribution in [3.05, 3.63) is 12.2 Å². The Morgan fingerprint density at radius 1 is 1.11 bits per heavy atom. The van der Waals surface area contributed by atoms with E-state index in [1.807, 2.05) is 0 Å².